The molecule has 4 heteroatoms. The first-order chi connectivity index (χ1) is 7.15. The zero-order valence-electron chi connectivity index (χ0n) is 8.24. The molecule has 0 spiro atoms. The average Bonchev–Trinajstić information content (AvgIpc) is 2.58. The van der Waals surface area contributed by atoms with E-state index in [4.69, 9.17) is 0 Å². The third-order valence-electron chi connectivity index (χ3n) is 2.25. The molecule has 1 heterocycles. The molecule has 0 unspecified atom stereocenters. The Morgan fingerprint density at radius 3 is 2.93 bits per heavy atom. The lowest BCUT2D eigenvalue weighted by Crippen LogP contribution is -2.01. The van der Waals surface area contributed by atoms with Gasteiger partial charge in [0.25, 0.3) is 0 Å². The van der Waals surface area contributed by atoms with Crippen molar-refractivity contribution in [2.75, 3.05) is 0 Å². The van der Waals surface area contributed by atoms with Gasteiger partial charge in [-0.25, -0.2) is 0 Å². The topological polar surface area (TPSA) is 17.8 Å². The summed E-state index contributed by atoms with van der Waals surface area (Å²) in [5.41, 5.74) is 2.59. The molecule has 0 aliphatic heterocycles. The minimum Gasteiger partial charge on any atom is -0.267 e. The largest absolute Gasteiger partial charge is 0.267 e. The van der Waals surface area contributed by atoms with Gasteiger partial charge in [-0.2, -0.15) is 5.10 Å². The van der Waals surface area contributed by atoms with E-state index in [1.165, 1.54) is 14.7 Å². The number of rotatable bonds is 2. The summed E-state index contributed by atoms with van der Waals surface area (Å²) in [5.74, 6) is 0. The van der Waals surface area contributed by atoms with E-state index in [0.29, 0.717) is 0 Å². The van der Waals surface area contributed by atoms with Crippen LogP contribution < -0.4 is 0 Å². The van der Waals surface area contributed by atoms with Gasteiger partial charge < -0.3 is 0 Å². The van der Waals surface area contributed by atoms with Crippen LogP contribution in [0.2, 0.25) is 0 Å². The van der Waals surface area contributed by atoms with Gasteiger partial charge in [-0.15, -0.1) is 0 Å². The summed E-state index contributed by atoms with van der Waals surface area (Å²) in [5, 5.41) is 4.28. The maximum atomic E-state index is 4.28. The molecule has 0 bridgehead atoms. The van der Waals surface area contributed by atoms with Crippen molar-refractivity contribution in [2.24, 2.45) is 0 Å². The SMILES string of the molecule is Cc1ccc(Br)cc1Cn1cc(I)cn1. The fraction of sp³-hybridized carbons (Fsp3) is 0.182. The number of halogens is 2. The molecule has 0 aliphatic rings. The molecule has 0 radical (unpaired) electrons. The summed E-state index contributed by atoms with van der Waals surface area (Å²) < 4.78 is 4.24. The van der Waals surface area contributed by atoms with E-state index in [0.717, 1.165) is 11.0 Å². The van der Waals surface area contributed by atoms with Crippen molar-refractivity contribution in [2.45, 2.75) is 13.5 Å². The fourth-order valence-corrected chi connectivity index (χ4v) is 2.26. The summed E-state index contributed by atoms with van der Waals surface area (Å²) in [6.45, 7) is 2.95. The van der Waals surface area contributed by atoms with E-state index >= 15 is 0 Å². The summed E-state index contributed by atoms with van der Waals surface area (Å²) in [4.78, 5) is 0. The highest BCUT2D eigenvalue weighted by atomic mass is 127. The minimum atomic E-state index is 0.828. The molecule has 0 saturated carbocycles. The molecule has 0 atom stereocenters. The molecule has 1 aromatic heterocycles. The van der Waals surface area contributed by atoms with Crippen molar-refractivity contribution in [3.05, 3.63) is 49.8 Å². The number of hydrogen-bond donors (Lipinski definition) is 0. The van der Waals surface area contributed by atoms with Crippen molar-refractivity contribution < 1.29 is 0 Å². The quantitative estimate of drug-likeness (QED) is 0.732. The second kappa shape index (κ2) is 4.65. The highest BCUT2D eigenvalue weighted by Gasteiger charge is 2.01. The van der Waals surface area contributed by atoms with Crippen LogP contribution in [0.1, 0.15) is 11.1 Å². The third-order valence-corrected chi connectivity index (χ3v) is 3.30. The molecular formula is C11H10BrIN2. The van der Waals surface area contributed by atoms with Gasteiger partial charge in [0.15, 0.2) is 0 Å². The number of benzene rings is 1. The van der Waals surface area contributed by atoms with Crippen molar-refractivity contribution >= 4 is 38.5 Å². The average molecular weight is 377 g/mol. The molecule has 2 aromatic rings. The number of nitrogens with zero attached hydrogens (tertiary/aromatic N) is 2. The molecule has 0 aliphatic carbocycles. The maximum Gasteiger partial charge on any atom is 0.0662 e. The van der Waals surface area contributed by atoms with Gasteiger partial charge in [0.1, 0.15) is 0 Å². The Kier molecular flexibility index (Phi) is 3.45. The first-order valence-electron chi connectivity index (χ1n) is 4.58. The van der Waals surface area contributed by atoms with Crippen LogP contribution in [-0.4, -0.2) is 9.78 Å². The first kappa shape index (κ1) is 11.1. The summed E-state index contributed by atoms with van der Waals surface area (Å²) >= 11 is 5.75. The zero-order valence-corrected chi connectivity index (χ0v) is 12.0. The fourth-order valence-electron chi connectivity index (χ4n) is 1.41. The Hall–Kier alpha value is -0.360. The maximum absolute atomic E-state index is 4.28. The van der Waals surface area contributed by atoms with Crippen LogP contribution in [0.4, 0.5) is 0 Å². The Morgan fingerprint density at radius 1 is 1.47 bits per heavy atom. The molecule has 0 fully saturated rings. The number of aromatic nitrogens is 2. The second-order valence-corrected chi connectivity index (χ2v) is 5.59. The predicted molar refractivity (Wildman–Crippen MR) is 72.9 cm³/mol. The second-order valence-electron chi connectivity index (χ2n) is 3.43. The standard InChI is InChI=1S/C11H10BrIN2/c1-8-2-3-10(12)4-9(8)6-15-7-11(13)5-14-15/h2-5,7H,6H2,1H3. The molecule has 2 rings (SSSR count). The predicted octanol–water partition coefficient (Wildman–Crippen LogP) is 3.61. The molecular weight excluding hydrogens is 367 g/mol. The molecule has 1 aromatic carbocycles. The smallest absolute Gasteiger partial charge is 0.0662 e. The van der Waals surface area contributed by atoms with Gasteiger partial charge in [0.05, 0.1) is 16.3 Å². The van der Waals surface area contributed by atoms with E-state index in [2.05, 4.69) is 68.7 Å². The van der Waals surface area contributed by atoms with Crippen LogP contribution in [-0.2, 0) is 6.54 Å². The molecule has 15 heavy (non-hydrogen) atoms. The first-order valence-corrected chi connectivity index (χ1v) is 6.45. The van der Waals surface area contributed by atoms with Crippen molar-refractivity contribution in [1.82, 2.24) is 9.78 Å². The van der Waals surface area contributed by atoms with Crippen LogP contribution in [0.5, 0.6) is 0 Å². The molecule has 0 saturated heterocycles. The van der Waals surface area contributed by atoms with Crippen LogP contribution in [0, 0.1) is 10.5 Å². The monoisotopic (exact) mass is 376 g/mol. The minimum absolute atomic E-state index is 0.828. The Labute approximate surface area is 111 Å². The van der Waals surface area contributed by atoms with Crippen molar-refractivity contribution in [3.63, 3.8) is 0 Å². The van der Waals surface area contributed by atoms with Crippen LogP contribution in [0.25, 0.3) is 0 Å². The lowest BCUT2D eigenvalue weighted by Gasteiger charge is -2.06. The van der Waals surface area contributed by atoms with E-state index < -0.39 is 0 Å². The molecule has 0 N–H and O–H groups in total. The van der Waals surface area contributed by atoms with E-state index in [1.807, 2.05) is 17.1 Å². The molecule has 2 nitrogen and oxygen atoms in total. The van der Waals surface area contributed by atoms with Gasteiger partial charge in [-0.1, -0.05) is 22.0 Å². The molecule has 78 valence electrons. The lowest BCUT2D eigenvalue weighted by molar-refractivity contribution is 0.683. The van der Waals surface area contributed by atoms with Crippen molar-refractivity contribution in [1.29, 1.82) is 0 Å². The summed E-state index contributed by atoms with van der Waals surface area (Å²) in [6, 6.07) is 6.32. The Bertz CT molecular complexity index is 479. The number of aryl methyl sites for hydroxylation is 1. The van der Waals surface area contributed by atoms with Gasteiger partial charge in [-0.3, -0.25) is 4.68 Å². The van der Waals surface area contributed by atoms with Gasteiger partial charge in [0.2, 0.25) is 0 Å². The Morgan fingerprint density at radius 2 is 2.27 bits per heavy atom. The van der Waals surface area contributed by atoms with E-state index in [9.17, 15) is 0 Å². The number of hydrogen-bond acceptors (Lipinski definition) is 1. The summed E-state index contributed by atoms with van der Waals surface area (Å²) in [6.07, 6.45) is 3.91. The third kappa shape index (κ3) is 2.81. The van der Waals surface area contributed by atoms with Crippen LogP contribution >= 0.6 is 38.5 Å². The highest BCUT2D eigenvalue weighted by molar-refractivity contribution is 14.1. The Balaban J connectivity index is 2.27. The van der Waals surface area contributed by atoms with Gasteiger partial charge >= 0.3 is 0 Å². The molecule has 0 amide bonds. The lowest BCUT2D eigenvalue weighted by atomic mass is 10.1. The van der Waals surface area contributed by atoms with E-state index in [1.54, 1.807) is 0 Å². The summed E-state index contributed by atoms with van der Waals surface area (Å²) in [7, 11) is 0. The normalized spacial score (nSPS) is 10.6. The van der Waals surface area contributed by atoms with Gasteiger partial charge in [-0.05, 0) is 52.8 Å². The van der Waals surface area contributed by atoms with Crippen molar-refractivity contribution in [3.8, 4) is 0 Å². The van der Waals surface area contributed by atoms with Crippen LogP contribution in [0.15, 0.2) is 35.1 Å². The van der Waals surface area contributed by atoms with Crippen LogP contribution in [0.3, 0.4) is 0 Å². The highest BCUT2D eigenvalue weighted by Crippen LogP contribution is 2.17. The van der Waals surface area contributed by atoms with Gasteiger partial charge in [0, 0.05) is 10.7 Å². The van der Waals surface area contributed by atoms with E-state index in [-0.39, 0.29) is 0 Å². The zero-order chi connectivity index (χ0) is 10.8.